The van der Waals surface area contributed by atoms with Gasteiger partial charge >= 0.3 is 0 Å². The van der Waals surface area contributed by atoms with Gasteiger partial charge in [-0.05, 0) is 107 Å². The van der Waals surface area contributed by atoms with E-state index in [1.54, 1.807) is 36.4 Å². The van der Waals surface area contributed by atoms with Gasteiger partial charge in [0.25, 0.3) is 17.5 Å². The van der Waals surface area contributed by atoms with Crippen molar-refractivity contribution in [3.05, 3.63) is 96.6 Å². The lowest BCUT2D eigenvalue weighted by Gasteiger charge is -2.29. The molecule has 1 N–H and O–H groups in total. The molecule has 0 radical (unpaired) electrons. The maximum Gasteiger partial charge on any atom is 0.270 e. The summed E-state index contributed by atoms with van der Waals surface area (Å²) in [5, 5.41) is 13.5. The van der Waals surface area contributed by atoms with Crippen LogP contribution in [-0.4, -0.2) is 28.5 Å². The van der Waals surface area contributed by atoms with E-state index in [0.29, 0.717) is 32.9 Å². The molecule has 1 saturated heterocycles. The minimum absolute atomic E-state index is 0.000625. The molecule has 1 aliphatic rings. The van der Waals surface area contributed by atoms with Crippen molar-refractivity contribution in [2.75, 3.05) is 11.5 Å². The van der Waals surface area contributed by atoms with Gasteiger partial charge in [0.1, 0.15) is 12.2 Å². The predicted octanol–water partition coefficient (Wildman–Crippen LogP) is 5.57. The molecule has 1 fully saturated rings. The SMILES string of the molecule is CCOc1cc(/C=C2\C(=O)NC(=S)N(c3ccc(CC)cc3)C2=O)cc(I)c1OCc1ccc([N+](=O)[O-])cc1. The maximum absolute atomic E-state index is 13.4. The highest BCUT2D eigenvalue weighted by Gasteiger charge is 2.34. The Kier molecular flexibility index (Phi) is 8.92. The molecule has 0 spiro atoms. The fourth-order valence-corrected chi connectivity index (χ4v) is 4.95. The van der Waals surface area contributed by atoms with Crippen LogP contribution in [0.4, 0.5) is 11.4 Å². The number of non-ortho nitro benzene ring substituents is 1. The van der Waals surface area contributed by atoms with Crippen molar-refractivity contribution in [1.82, 2.24) is 5.32 Å². The molecule has 2 amide bonds. The Balaban J connectivity index is 1.62. The summed E-state index contributed by atoms with van der Waals surface area (Å²) in [7, 11) is 0. The number of anilines is 1. The van der Waals surface area contributed by atoms with Crippen molar-refractivity contribution < 1.29 is 24.0 Å². The average Bonchev–Trinajstić information content (AvgIpc) is 2.91. The van der Waals surface area contributed by atoms with E-state index in [-0.39, 0.29) is 23.0 Å². The summed E-state index contributed by atoms with van der Waals surface area (Å²) in [6.45, 7) is 4.40. The number of halogens is 1. The Bertz CT molecular complexity index is 1470. The summed E-state index contributed by atoms with van der Waals surface area (Å²) in [4.78, 5) is 37.9. The Morgan fingerprint density at radius 1 is 1.03 bits per heavy atom. The Hall–Kier alpha value is -3.84. The summed E-state index contributed by atoms with van der Waals surface area (Å²) in [6.07, 6.45) is 2.35. The van der Waals surface area contributed by atoms with Gasteiger partial charge in [-0.15, -0.1) is 0 Å². The van der Waals surface area contributed by atoms with Gasteiger partial charge < -0.3 is 9.47 Å². The second kappa shape index (κ2) is 12.3. The molecule has 4 rings (SSSR count). The number of nitro groups is 1. The van der Waals surface area contributed by atoms with E-state index in [1.165, 1.54) is 23.1 Å². The second-order valence-electron chi connectivity index (χ2n) is 8.45. The summed E-state index contributed by atoms with van der Waals surface area (Å²) in [5.41, 5.74) is 2.92. The van der Waals surface area contributed by atoms with Crippen LogP contribution in [-0.2, 0) is 22.6 Å². The standard InChI is InChI=1S/C28H24IN3O6S/c1-3-17-5-9-20(10-6-17)31-27(34)22(26(33)30-28(31)39)13-19-14-23(29)25(24(15-19)37-4-2)38-16-18-7-11-21(12-8-18)32(35)36/h5-15H,3-4,16H2,1-2H3,(H,30,33,39)/b22-13+. The highest BCUT2D eigenvalue weighted by Crippen LogP contribution is 2.36. The Morgan fingerprint density at radius 3 is 2.31 bits per heavy atom. The molecule has 3 aromatic carbocycles. The van der Waals surface area contributed by atoms with Crippen LogP contribution in [0.25, 0.3) is 6.08 Å². The van der Waals surface area contributed by atoms with Crippen molar-refractivity contribution in [2.24, 2.45) is 0 Å². The van der Waals surface area contributed by atoms with E-state index < -0.39 is 16.7 Å². The number of nitro benzene ring substituents is 1. The van der Waals surface area contributed by atoms with Crippen molar-refractivity contribution in [2.45, 2.75) is 26.9 Å². The predicted molar refractivity (Wildman–Crippen MR) is 160 cm³/mol. The van der Waals surface area contributed by atoms with Crippen molar-refractivity contribution in [3.63, 3.8) is 0 Å². The highest BCUT2D eigenvalue weighted by molar-refractivity contribution is 14.1. The maximum atomic E-state index is 13.4. The minimum atomic E-state index is -0.585. The first-order valence-electron chi connectivity index (χ1n) is 12.0. The molecule has 1 heterocycles. The molecule has 0 bridgehead atoms. The number of ether oxygens (including phenoxy) is 2. The molecule has 200 valence electrons. The Morgan fingerprint density at radius 2 is 1.69 bits per heavy atom. The normalized spacial score (nSPS) is 14.4. The third-order valence-electron chi connectivity index (χ3n) is 5.88. The van der Waals surface area contributed by atoms with E-state index in [4.69, 9.17) is 21.7 Å². The van der Waals surface area contributed by atoms with Gasteiger partial charge in [0.2, 0.25) is 0 Å². The smallest absolute Gasteiger partial charge is 0.270 e. The number of nitrogens with zero attached hydrogens (tertiary/aromatic N) is 2. The summed E-state index contributed by atoms with van der Waals surface area (Å²) in [6, 6.07) is 17.0. The first-order chi connectivity index (χ1) is 18.7. The van der Waals surface area contributed by atoms with E-state index >= 15 is 0 Å². The zero-order valence-corrected chi connectivity index (χ0v) is 24.1. The van der Waals surface area contributed by atoms with Gasteiger partial charge in [-0.25, -0.2) is 0 Å². The zero-order chi connectivity index (χ0) is 28.1. The summed E-state index contributed by atoms with van der Waals surface area (Å²) in [5.74, 6) is -0.196. The number of hydrogen-bond donors (Lipinski definition) is 1. The van der Waals surface area contributed by atoms with Crippen molar-refractivity contribution >= 4 is 69.2 Å². The second-order valence-corrected chi connectivity index (χ2v) is 10.0. The number of thiocarbonyl (C=S) groups is 1. The van der Waals surface area contributed by atoms with Crippen LogP contribution < -0.4 is 19.7 Å². The van der Waals surface area contributed by atoms with Crippen molar-refractivity contribution in [3.8, 4) is 11.5 Å². The minimum Gasteiger partial charge on any atom is -0.490 e. The fourth-order valence-electron chi connectivity index (χ4n) is 3.88. The molecule has 1 aliphatic heterocycles. The van der Waals surface area contributed by atoms with Gasteiger partial charge in [-0.2, -0.15) is 0 Å². The highest BCUT2D eigenvalue weighted by atomic mass is 127. The number of amides is 2. The van der Waals surface area contributed by atoms with E-state index in [0.717, 1.165) is 17.5 Å². The van der Waals surface area contributed by atoms with Crippen LogP contribution in [0.3, 0.4) is 0 Å². The zero-order valence-electron chi connectivity index (χ0n) is 21.1. The van der Waals surface area contributed by atoms with E-state index in [2.05, 4.69) is 27.9 Å². The van der Waals surface area contributed by atoms with Crippen LogP contribution in [0.1, 0.15) is 30.5 Å². The average molecular weight is 657 g/mol. The molecular weight excluding hydrogens is 633 g/mol. The van der Waals surface area contributed by atoms with Crippen LogP contribution in [0.5, 0.6) is 11.5 Å². The van der Waals surface area contributed by atoms with Crippen LogP contribution >= 0.6 is 34.8 Å². The molecule has 39 heavy (non-hydrogen) atoms. The summed E-state index contributed by atoms with van der Waals surface area (Å²) >= 11 is 7.40. The third kappa shape index (κ3) is 6.42. The molecule has 0 aromatic heterocycles. The number of carbonyl (C=O) groups excluding carboxylic acids is 2. The van der Waals surface area contributed by atoms with Gasteiger partial charge in [0, 0.05) is 12.1 Å². The first-order valence-corrected chi connectivity index (χ1v) is 13.5. The van der Waals surface area contributed by atoms with Crippen LogP contribution in [0.2, 0.25) is 0 Å². The molecule has 0 aliphatic carbocycles. The largest absolute Gasteiger partial charge is 0.490 e. The number of rotatable bonds is 9. The fraction of sp³-hybridized carbons (Fsp3) is 0.179. The lowest BCUT2D eigenvalue weighted by Crippen LogP contribution is -2.54. The van der Waals surface area contributed by atoms with Gasteiger partial charge in [0.15, 0.2) is 16.6 Å². The molecule has 0 unspecified atom stereocenters. The molecular formula is C28H24IN3O6S. The number of hydrogen-bond acceptors (Lipinski definition) is 7. The molecule has 9 nitrogen and oxygen atoms in total. The number of benzene rings is 3. The summed E-state index contributed by atoms with van der Waals surface area (Å²) < 4.78 is 12.5. The van der Waals surface area contributed by atoms with Gasteiger partial charge in [-0.1, -0.05) is 19.1 Å². The quantitative estimate of drug-likeness (QED) is 0.0800. The third-order valence-corrected chi connectivity index (χ3v) is 6.96. The monoisotopic (exact) mass is 657 g/mol. The van der Waals surface area contributed by atoms with Crippen molar-refractivity contribution in [1.29, 1.82) is 0 Å². The van der Waals surface area contributed by atoms with E-state index in [9.17, 15) is 19.7 Å². The lowest BCUT2D eigenvalue weighted by atomic mass is 10.1. The molecule has 0 saturated carbocycles. The number of carbonyl (C=O) groups is 2. The van der Waals surface area contributed by atoms with E-state index in [1.807, 2.05) is 26.0 Å². The Labute approximate surface area is 244 Å². The topological polar surface area (TPSA) is 111 Å². The first kappa shape index (κ1) is 28.2. The van der Waals surface area contributed by atoms with Crippen LogP contribution in [0, 0.1) is 13.7 Å². The molecule has 3 aromatic rings. The number of nitrogens with one attached hydrogen (secondary N) is 1. The molecule has 11 heteroatoms. The van der Waals surface area contributed by atoms with Crippen LogP contribution in [0.15, 0.2) is 66.2 Å². The van der Waals surface area contributed by atoms with Gasteiger partial charge in [0.05, 0.1) is 20.8 Å². The van der Waals surface area contributed by atoms with Gasteiger partial charge in [-0.3, -0.25) is 29.9 Å². The molecule has 0 atom stereocenters. The lowest BCUT2D eigenvalue weighted by molar-refractivity contribution is -0.384. The number of aryl methyl sites for hydroxylation is 1.